The molecule has 0 saturated carbocycles. The lowest BCUT2D eigenvalue weighted by atomic mass is 10.3. The second kappa shape index (κ2) is 4.74. The van der Waals surface area contributed by atoms with E-state index in [2.05, 4.69) is 4.98 Å². The van der Waals surface area contributed by atoms with Crippen molar-refractivity contribution in [2.75, 3.05) is 20.0 Å². The normalized spacial score (nSPS) is 11.7. The summed E-state index contributed by atoms with van der Waals surface area (Å²) < 4.78 is 34.6. The van der Waals surface area contributed by atoms with Gasteiger partial charge in [0.1, 0.15) is 16.2 Å². The van der Waals surface area contributed by atoms with Crippen molar-refractivity contribution in [1.29, 1.82) is 0 Å². The first-order chi connectivity index (χ1) is 8.47. The average molecular weight is 287 g/mol. The number of methoxy groups -OCH3 is 1. The molecule has 0 amide bonds. The highest BCUT2D eigenvalue weighted by Crippen LogP contribution is 2.37. The number of rotatable bonds is 4. The van der Waals surface area contributed by atoms with E-state index in [9.17, 15) is 8.42 Å². The summed E-state index contributed by atoms with van der Waals surface area (Å²) in [5.41, 5.74) is 0.408. The number of sulfone groups is 1. The Bertz CT molecular complexity index is 676. The Morgan fingerprint density at radius 2 is 2.17 bits per heavy atom. The maximum Gasteiger partial charge on any atom is 0.217 e. The van der Waals surface area contributed by atoms with E-state index >= 15 is 0 Å². The van der Waals surface area contributed by atoms with E-state index in [0.717, 1.165) is 6.26 Å². The third kappa shape index (κ3) is 2.28. The van der Waals surface area contributed by atoms with Crippen LogP contribution in [0.5, 0.6) is 11.6 Å². The van der Waals surface area contributed by atoms with Gasteiger partial charge in [0, 0.05) is 17.7 Å². The summed E-state index contributed by atoms with van der Waals surface area (Å²) in [7, 11) is -1.77. The van der Waals surface area contributed by atoms with Gasteiger partial charge in [0.05, 0.1) is 18.4 Å². The molecule has 0 aliphatic carbocycles. The molecule has 0 aliphatic heterocycles. The SMILES string of the molecule is CCOc1cc(OC)c2scc(S(C)(=O)=O)c2n1. The van der Waals surface area contributed by atoms with E-state index in [1.54, 1.807) is 11.4 Å². The van der Waals surface area contributed by atoms with Crippen molar-refractivity contribution in [3.8, 4) is 11.6 Å². The molecule has 2 aromatic rings. The van der Waals surface area contributed by atoms with Crippen molar-refractivity contribution in [3.63, 3.8) is 0 Å². The summed E-state index contributed by atoms with van der Waals surface area (Å²) in [5.74, 6) is 0.938. The highest BCUT2D eigenvalue weighted by molar-refractivity contribution is 7.91. The Morgan fingerprint density at radius 1 is 1.44 bits per heavy atom. The van der Waals surface area contributed by atoms with Crippen LogP contribution >= 0.6 is 11.3 Å². The molecule has 0 N–H and O–H groups in total. The topological polar surface area (TPSA) is 65.5 Å². The quantitative estimate of drug-likeness (QED) is 0.861. The number of aromatic nitrogens is 1. The third-order valence-electron chi connectivity index (χ3n) is 2.34. The first kappa shape index (κ1) is 13.1. The number of hydrogen-bond donors (Lipinski definition) is 0. The molecule has 7 heteroatoms. The van der Waals surface area contributed by atoms with Crippen molar-refractivity contribution in [2.24, 2.45) is 0 Å². The van der Waals surface area contributed by atoms with Gasteiger partial charge >= 0.3 is 0 Å². The third-order valence-corrected chi connectivity index (χ3v) is 4.59. The molecular weight excluding hydrogens is 274 g/mol. The molecule has 0 aromatic carbocycles. The molecule has 2 rings (SSSR count). The van der Waals surface area contributed by atoms with Crippen LogP contribution in [0.3, 0.4) is 0 Å². The van der Waals surface area contributed by atoms with Gasteiger partial charge in [-0.2, -0.15) is 0 Å². The minimum Gasteiger partial charge on any atom is -0.495 e. The van der Waals surface area contributed by atoms with E-state index in [-0.39, 0.29) is 4.90 Å². The molecule has 2 aromatic heterocycles. The van der Waals surface area contributed by atoms with E-state index in [4.69, 9.17) is 9.47 Å². The van der Waals surface area contributed by atoms with Gasteiger partial charge < -0.3 is 9.47 Å². The molecule has 0 spiro atoms. The molecule has 0 atom stereocenters. The van der Waals surface area contributed by atoms with Gasteiger partial charge in [0.25, 0.3) is 0 Å². The van der Waals surface area contributed by atoms with Crippen LogP contribution in [0, 0.1) is 0 Å². The number of ether oxygens (including phenoxy) is 2. The lowest BCUT2D eigenvalue weighted by molar-refractivity contribution is 0.324. The monoisotopic (exact) mass is 287 g/mol. The molecule has 98 valence electrons. The lowest BCUT2D eigenvalue weighted by Crippen LogP contribution is -1.99. The van der Waals surface area contributed by atoms with Crippen molar-refractivity contribution >= 4 is 31.4 Å². The Labute approximate surface area is 109 Å². The number of thiophene rings is 1. The molecule has 0 bridgehead atoms. The van der Waals surface area contributed by atoms with Crippen LogP contribution in [0.15, 0.2) is 16.3 Å². The standard InChI is InChI=1S/C11H13NO4S2/c1-4-16-9-5-7(15-2)11-10(12-9)8(6-17-11)18(3,13)14/h5-6H,4H2,1-3H3. The predicted octanol–water partition coefficient (Wildman–Crippen LogP) is 2.11. The lowest BCUT2D eigenvalue weighted by Gasteiger charge is -2.06. The summed E-state index contributed by atoms with van der Waals surface area (Å²) in [6, 6.07) is 1.66. The fourth-order valence-corrected chi connectivity index (χ4v) is 3.84. The van der Waals surface area contributed by atoms with Crippen LogP contribution in [-0.4, -0.2) is 33.4 Å². The Morgan fingerprint density at radius 3 is 2.72 bits per heavy atom. The van der Waals surface area contributed by atoms with Crippen LogP contribution in [0.1, 0.15) is 6.92 Å². The summed E-state index contributed by atoms with van der Waals surface area (Å²) in [4.78, 5) is 4.44. The van der Waals surface area contributed by atoms with Crippen LogP contribution in [-0.2, 0) is 9.84 Å². The molecule has 2 heterocycles. The average Bonchev–Trinajstić information content (AvgIpc) is 2.71. The summed E-state index contributed by atoms with van der Waals surface area (Å²) in [6.07, 6.45) is 1.16. The highest BCUT2D eigenvalue weighted by atomic mass is 32.2. The summed E-state index contributed by atoms with van der Waals surface area (Å²) >= 11 is 1.30. The predicted molar refractivity (Wildman–Crippen MR) is 70.5 cm³/mol. The molecule has 18 heavy (non-hydrogen) atoms. The molecule has 5 nitrogen and oxygen atoms in total. The second-order valence-electron chi connectivity index (χ2n) is 3.65. The first-order valence-corrected chi connectivity index (χ1v) is 8.03. The van der Waals surface area contributed by atoms with E-state index < -0.39 is 9.84 Å². The summed E-state index contributed by atoms with van der Waals surface area (Å²) in [6.45, 7) is 2.30. The molecule has 0 unspecified atom stereocenters. The van der Waals surface area contributed by atoms with Crippen LogP contribution < -0.4 is 9.47 Å². The second-order valence-corrected chi connectivity index (χ2v) is 6.51. The molecular formula is C11H13NO4S2. The number of pyridine rings is 1. The summed E-state index contributed by atoms with van der Waals surface area (Å²) in [5, 5.41) is 1.57. The number of fused-ring (bicyclic) bond motifs is 1. The Hall–Kier alpha value is -1.34. The minimum absolute atomic E-state index is 0.211. The van der Waals surface area contributed by atoms with Gasteiger partial charge in [0.15, 0.2) is 9.84 Å². The first-order valence-electron chi connectivity index (χ1n) is 5.26. The smallest absolute Gasteiger partial charge is 0.217 e. The van der Waals surface area contributed by atoms with Crippen LogP contribution in [0.25, 0.3) is 10.2 Å². The zero-order valence-electron chi connectivity index (χ0n) is 10.3. The fourth-order valence-electron chi connectivity index (χ4n) is 1.57. The van der Waals surface area contributed by atoms with Crippen molar-refractivity contribution < 1.29 is 17.9 Å². The van der Waals surface area contributed by atoms with Crippen molar-refractivity contribution in [1.82, 2.24) is 4.98 Å². The molecule has 0 aliphatic rings. The minimum atomic E-state index is -3.31. The number of nitrogens with zero attached hydrogens (tertiary/aromatic N) is 1. The largest absolute Gasteiger partial charge is 0.495 e. The molecule has 0 fully saturated rings. The van der Waals surface area contributed by atoms with Crippen LogP contribution in [0.2, 0.25) is 0 Å². The van der Waals surface area contributed by atoms with Crippen LogP contribution in [0.4, 0.5) is 0 Å². The van der Waals surface area contributed by atoms with E-state index in [1.807, 2.05) is 6.92 Å². The van der Waals surface area contributed by atoms with Crippen molar-refractivity contribution in [3.05, 3.63) is 11.4 Å². The zero-order valence-corrected chi connectivity index (χ0v) is 11.9. The Balaban J connectivity index is 2.75. The van der Waals surface area contributed by atoms with Gasteiger partial charge in [0.2, 0.25) is 5.88 Å². The van der Waals surface area contributed by atoms with Gasteiger partial charge in [-0.15, -0.1) is 11.3 Å². The fraction of sp³-hybridized carbons (Fsp3) is 0.364. The number of hydrogen-bond acceptors (Lipinski definition) is 6. The maximum atomic E-state index is 11.7. The highest BCUT2D eigenvalue weighted by Gasteiger charge is 2.19. The van der Waals surface area contributed by atoms with E-state index in [1.165, 1.54) is 18.4 Å². The van der Waals surface area contributed by atoms with Gasteiger partial charge in [-0.05, 0) is 6.92 Å². The molecule has 0 radical (unpaired) electrons. The van der Waals surface area contributed by atoms with Crippen molar-refractivity contribution in [2.45, 2.75) is 11.8 Å². The van der Waals surface area contributed by atoms with Gasteiger partial charge in [-0.3, -0.25) is 0 Å². The zero-order chi connectivity index (χ0) is 13.3. The van der Waals surface area contributed by atoms with Gasteiger partial charge in [-0.1, -0.05) is 0 Å². The van der Waals surface area contributed by atoms with Gasteiger partial charge in [-0.25, -0.2) is 13.4 Å². The molecule has 0 saturated heterocycles. The van der Waals surface area contributed by atoms with E-state index in [0.29, 0.717) is 28.5 Å². The maximum absolute atomic E-state index is 11.7. The Kier molecular flexibility index (Phi) is 3.45.